The van der Waals surface area contributed by atoms with Gasteiger partial charge in [0.25, 0.3) is 0 Å². The zero-order valence-electron chi connectivity index (χ0n) is 15.9. The Morgan fingerprint density at radius 1 is 1.25 bits per heavy atom. The fourth-order valence-corrected chi connectivity index (χ4v) is 4.05. The largest absolute Gasteiger partial charge is 0.462 e. The van der Waals surface area contributed by atoms with Crippen LogP contribution < -0.4 is 9.61 Å². The molecule has 6 nitrogen and oxygen atoms in total. The summed E-state index contributed by atoms with van der Waals surface area (Å²) in [4.78, 5) is 12.0. The summed E-state index contributed by atoms with van der Waals surface area (Å²) >= 11 is 0. The standard InChI is InChI=1S/C18H25F3NO5P/c1-13(2)26-17(24)14(3)22-28(25,27-16-9-5-4-6-10-16)11-7-8-15(12-23)18(19,20)21/h4-6,8-10,13-14,23H,7,11-12H2,1-3H3,(H,22,25)/t14-,28?/m0/s1. The molecule has 1 unspecified atom stereocenters. The van der Waals surface area contributed by atoms with Crippen molar-refractivity contribution in [2.45, 2.75) is 45.5 Å². The second-order valence-electron chi connectivity index (χ2n) is 6.31. The summed E-state index contributed by atoms with van der Waals surface area (Å²) in [7, 11) is -3.76. The van der Waals surface area contributed by atoms with E-state index in [-0.39, 0.29) is 24.4 Å². The summed E-state index contributed by atoms with van der Waals surface area (Å²) in [5.41, 5.74) is -1.13. The van der Waals surface area contributed by atoms with Crippen LogP contribution in [0, 0.1) is 0 Å². The first-order valence-corrected chi connectivity index (χ1v) is 10.5. The van der Waals surface area contributed by atoms with Gasteiger partial charge in [-0.05, 0) is 39.3 Å². The summed E-state index contributed by atoms with van der Waals surface area (Å²) in [6.07, 6.45) is -4.90. The molecule has 0 saturated heterocycles. The number of halogens is 3. The molecule has 0 fully saturated rings. The molecular weight excluding hydrogens is 398 g/mol. The Hall–Kier alpha value is -1.83. The number of carbonyl (C=O) groups excluding carboxylic acids is 1. The highest BCUT2D eigenvalue weighted by Crippen LogP contribution is 2.44. The number of rotatable bonds is 10. The van der Waals surface area contributed by atoms with Gasteiger partial charge in [-0.3, -0.25) is 9.36 Å². The highest BCUT2D eigenvalue weighted by molar-refractivity contribution is 7.57. The van der Waals surface area contributed by atoms with Gasteiger partial charge in [-0.2, -0.15) is 13.2 Å². The Morgan fingerprint density at radius 3 is 2.36 bits per heavy atom. The molecule has 1 aromatic rings. The number of alkyl halides is 3. The summed E-state index contributed by atoms with van der Waals surface area (Å²) in [5.74, 6) is -0.418. The molecule has 2 N–H and O–H groups in total. The van der Waals surface area contributed by atoms with Gasteiger partial charge in [-0.15, -0.1) is 0 Å². The molecule has 1 rings (SSSR count). The van der Waals surface area contributed by atoms with Crippen molar-refractivity contribution < 1.29 is 36.9 Å². The van der Waals surface area contributed by atoms with E-state index >= 15 is 0 Å². The molecule has 0 aliphatic carbocycles. The van der Waals surface area contributed by atoms with Gasteiger partial charge in [0.1, 0.15) is 11.8 Å². The van der Waals surface area contributed by atoms with Crippen LogP contribution in [0.25, 0.3) is 0 Å². The minimum atomic E-state index is -4.68. The molecule has 0 saturated carbocycles. The molecule has 0 spiro atoms. The van der Waals surface area contributed by atoms with Crippen LogP contribution in [0.3, 0.4) is 0 Å². The molecule has 0 radical (unpaired) electrons. The maximum atomic E-state index is 13.2. The average molecular weight is 423 g/mol. The lowest BCUT2D eigenvalue weighted by Crippen LogP contribution is -2.36. The molecule has 0 amide bonds. The van der Waals surface area contributed by atoms with Gasteiger partial charge < -0.3 is 14.4 Å². The first kappa shape index (κ1) is 24.2. The van der Waals surface area contributed by atoms with Gasteiger partial charge in [0.05, 0.1) is 24.4 Å². The number of benzene rings is 1. The number of esters is 1. The molecule has 158 valence electrons. The molecule has 2 atom stereocenters. The van der Waals surface area contributed by atoms with E-state index in [1.165, 1.54) is 19.1 Å². The van der Waals surface area contributed by atoms with E-state index in [4.69, 9.17) is 14.4 Å². The van der Waals surface area contributed by atoms with Crippen molar-refractivity contribution in [3.63, 3.8) is 0 Å². The Morgan fingerprint density at radius 2 is 1.86 bits per heavy atom. The van der Waals surface area contributed by atoms with Gasteiger partial charge in [0, 0.05) is 0 Å². The van der Waals surface area contributed by atoms with E-state index in [1.807, 2.05) is 0 Å². The van der Waals surface area contributed by atoms with E-state index in [9.17, 15) is 22.5 Å². The predicted octanol–water partition coefficient (Wildman–Crippen LogP) is 4.06. The van der Waals surface area contributed by atoms with Crippen LogP contribution in [0.4, 0.5) is 13.2 Å². The number of allylic oxidation sites excluding steroid dienone is 1. The summed E-state index contributed by atoms with van der Waals surface area (Å²) < 4.78 is 61.9. The number of aliphatic hydroxyl groups excluding tert-OH is 1. The first-order chi connectivity index (χ1) is 13.0. The summed E-state index contributed by atoms with van der Waals surface area (Å²) in [6, 6.07) is 7.08. The van der Waals surface area contributed by atoms with Crippen molar-refractivity contribution in [3.05, 3.63) is 42.0 Å². The van der Waals surface area contributed by atoms with Crippen molar-refractivity contribution in [1.29, 1.82) is 0 Å². The maximum absolute atomic E-state index is 13.2. The predicted molar refractivity (Wildman–Crippen MR) is 99.2 cm³/mol. The van der Waals surface area contributed by atoms with Gasteiger partial charge in [-0.25, -0.2) is 5.09 Å². The highest BCUT2D eigenvalue weighted by Gasteiger charge is 2.34. The van der Waals surface area contributed by atoms with Crippen molar-refractivity contribution in [3.8, 4) is 5.75 Å². The van der Waals surface area contributed by atoms with Crippen molar-refractivity contribution in [2.24, 2.45) is 0 Å². The SMILES string of the molecule is CC(C)OC(=O)[C@H](C)NP(=O)(CCC=C(CO)C(F)(F)F)Oc1ccccc1. The van der Waals surface area contributed by atoms with Gasteiger partial charge in [0.2, 0.25) is 0 Å². The third kappa shape index (κ3) is 8.46. The number of nitrogens with one attached hydrogen (secondary N) is 1. The molecule has 0 aliphatic heterocycles. The molecule has 28 heavy (non-hydrogen) atoms. The van der Waals surface area contributed by atoms with Crippen LogP contribution in [0.15, 0.2) is 42.0 Å². The Kier molecular flexibility index (Phi) is 9.20. The Bertz CT molecular complexity index is 707. The van der Waals surface area contributed by atoms with Crippen molar-refractivity contribution >= 4 is 13.5 Å². The van der Waals surface area contributed by atoms with E-state index in [2.05, 4.69) is 5.09 Å². The number of para-hydroxylation sites is 1. The number of ether oxygens (including phenoxy) is 1. The van der Waals surface area contributed by atoms with Crippen LogP contribution in [0.5, 0.6) is 5.75 Å². The normalized spacial score (nSPS) is 15.8. The quantitative estimate of drug-likeness (QED) is 0.335. The van der Waals surface area contributed by atoms with E-state index in [1.54, 1.807) is 32.0 Å². The van der Waals surface area contributed by atoms with Gasteiger partial charge in [-0.1, -0.05) is 24.3 Å². The van der Waals surface area contributed by atoms with E-state index in [0.29, 0.717) is 0 Å². The molecule has 0 bridgehead atoms. The number of hydrogen-bond donors (Lipinski definition) is 2. The average Bonchev–Trinajstić information content (AvgIpc) is 2.57. The minimum absolute atomic E-state index is 0.241. The number of hydrogen-bond acceptors (Lipinski definition) is 5. The van der Waals surface area contributed by atoms with E-state index in [0.717, 1.165) is 6.08 Å². The van der Waals surface area contributed by atoms with Crippen molar-refractivity contribution in [1.82, 2.24) is 5.09 Å². The fourth-order valence-electron chi connectivity index (χ4n) is 2.15. The topological polar surface area (TPSA) is 84.9 Å². The lowest BCUT2D eigenvalue weighted by atomic mass is 10.2. The monoisotopic (exact) mass is 423 g/mol. The van der Waals surface area contributed by atoms with Crippen molar-refractivity contribution in [2.75, 3.05) is 12.8 Å². The van der Waals surface area contributed by atoms with Crippen LogP contribution in [0.2, 0.25) is 0 Å². The number of carbonyl (C=O) groups is 1. The minimum Gasteiger partial charge on any atom is -0.462 e. The molecule has 0 heterocycles. The summed E-state index contributed by atoms with van der Waals surface area (Å²) in [6.45, 7) is 3.56. The third-order valence-corrected chi connectivity index (χ3v) is 5.57. The summed E-state index contributed by atoms with van der Waals surface area (Å²) in [5, 5.41) is 11.4. The van der Waals surface area contributed by atoms with Crippen LogP contribution in [-0.4, -0.2) is 42.2 Å². The lowest BCUT2D eigenvalue weighted by Gasteiger charge is -2.24. The van der Waals surface area contributed by atoms with Crippen LogP contribution >= 0.6 is 7.52 Å². The molecular formula is C18H25F3NO5P. The lowest BCUT2D eigenvalue weighted by molar-refractivity contribution is -0.149. The first-order valence-electron chi connectivity index (χ1n) is 8.66. The van der Waals surface area contributed by atoms with Crippen LogP contribution in [0.1, 0.15) is 27.2 Å². The number of aliphatic hydroxyl groups is 1. The van der Waals surface area contributed by atoms with Gasteiger partial charge >= 0.3 is 19.7 Å². The Balaban J connectivity index is 2.96. The zero-order chi connectivity index (χ0) is 21.4. The fraction of sp³-hybridized carbons (Fsp3) is 0.500. The zero-order valence-corrected chi connectivity index (χ0v) is 16.8. The van der Waals surface area contributed by atoms with E-state index < -0.39 is 37.9 Å². The maximum Gasteiger partial charge on any atom is 0.414 e. The second-order valence-corrected chi connectivity index (χ2v) is 8.55. The van der Waals surface area contributed by atoms with Crippen LogP contribution in [-0.2, 0) is 14.1 Å². The second kappa shape index (κ2) is 10.6. The Labute approximate surface area is 162 Å². The van der Waals surface area contributed by atoms with Gasteiger partial charge in [0.15, 0.2) is 0 Å². The third-order valence-electron chi connectivity index (χ3n) is 3.44. The highest BCUT2D eigenvalue weighted by atomic mass is 31.2. The molecule has 0 aliphatic rings. The smallest absolute Gasteiger partial charge is 0.414 e. The molecule has 10 heteroatoms. The molecule has 1 aromatic carbocycles. The molecule has 0 aromatic heterocycles.